The Kier molecular flexibility index (Phi) is 5.16. The molecule has 0 aliphatic rings. The molecule has 0 saturated heterocycles. The van der Waals surface area contributed by atoms with E-state index in [2.05, 4.69) is 10.6 Å². The van der Waals surface area contributed by atoms with Gasteiger partial charge in [0, 0.05) is 34.8 Å². The molecule has 6 heteroatoms. The lowest BCUT2D eigenvalue weighted by Crippen LogP contribution is -2.27. The summed E-state index contributed by atoms with van der Waals surface area (Å²) in [6.45, 7) is 2.58. The zero-order chi connectivity index (χ0) is 17.8. The van der Waals surface area contributed by atoms with Gasteiger partial charge >= 0.3 is 5.63 Å². The highest BCUT2D eigenvalue weighted by Gasteiger charge is 2.06. The molecule has 0 aliphatic heterocycles. The van der Waals surface area contributed by atoms with E-state index in [1.165, 1.54) is 6.07 Å². The number of anilines is 1. The molecule has 0 spiro atoms. The summed E-state index contributed by atoms with van der Waals surface area (Å²) in [5, 5.41) is 7.38. The lowest BCUT2D eigenvalue weighted by Gasteiger charge is -2.08. The van der Waals surface area contributed by atoms with Crippen LogP contribution in [0.15, 0.2) is 57.7 Å². The Labute approximate surface area is 149 Å². The van der Waals surface area contributed by atoms with E-state index >= 15 is 0 Å². The zero-order valence-electron chi connectivity index (χ0n) is 13.6. The van der Waals surface area contributed by atoms with E-state index in [4.69, 9.17) is 16.0 Å². The van der Waals surface area contributed by atoms with Crippen LogP contribution in [0, 0.1) is 6.92 Å². The van der Waals surface area contributed by atoms with Gasteiger partial charge in [-0.05, 0) is 42.3 Å². The van der Waals surface area contributed by atoms with Gasteiger partial charge in [0.25, 0.3) is 0 Å². The summed E-state index contributed by atoms with van der Waals surface area (Å²) in [4.78, 5) is 23.5. The monoisotopic (exact) mass is 356 g/mol. The Hall–Kier alpha value is -2.63. The number of hydrogen-bond acceptors (Lipinski definition) is 4. The normalized spacial score (nSPS) is 10.8. The first-order valence-electron chi connectivity index (χ1n) is 7.81. The van der Waals surface area contributed by atoms with Gasteiger partial charge in [-0.25, -0.2) is 4.79 Å². The number of hydrogen-bond donors (Lipinski definition) is 2. The standard InChI is InChI=1S/C19H17ClN2O3/c1-12-8-19(24)25-17-9-15(6-7-16(12)17)22-18(23)11-21-10-13-2-4-14(20)5-3-13/h2-9,21H,10-11H2,1H3,(H,22,23). The van der Waals surface area contributed by atoms with Crippen LogP contribution >= 0.6 is 11.6 Å². The molecule has 128 valence electrons. The van der Waals surface area contributed by atoms with Gasteiger partial charge in [-0.3, -0.25) is 4.79 Å². The van der Waals surface area contributed by atoms with E-state index < -0.39 is 5.63 Å². The van der Waals surface area contributed by atoms with Gasteiger partial charge in [-0.2, -0.15) is 0 Å². The number of rotatable bonds is 5. The minimum absolute atomic E-state index is 0.165. The van der Waals surface area contributed by atoms with Crippen molar-refractivity contribution in [1.29, 1.82) is 0 Å². The molecule has 0 fully saturated rings. The first-order chi connectivity index (χ1) is 12.0. The number of carbonyl (C=O) groups is 1. The van der Waals surface area contributed by atoms with Crippen molar-refractivity contribution in [2.24, 2.45) is 0 Å². The molecule has 2 N–H and O–H groups in total. The molecule has 5 nitrogen and oxygen atoms in total. The molecule has 3 aromatic rings. The summed E-state index contributed by atoms with van der Waals surface area (Å²) in [6.07, 6.45) is 0. The second-order valence-corrected chi connectivity index (χ2v) is 6.17. The third kappa shape index (κ3) is 4.47. The molecule has 1 aromatic heterocycles. The average Bonchev–Trinajstić information content (AvgIpc) is 2.56. The first-order valence-corrected chi connectivity index (χ1v) is 8.18. The minimum atomic E-state index is -0.405. The van der Waals surface area contributed by atoms with Crippen LogP contribution in [0.2, 0.25) is 5.02 Å². The summed E-state index contributed by atoms with van der Waals surface area (Å²) in [5.74, 6) is -0.177. The van der Waals surface area contributed by atoms with Gasteiger partial charge in [0.05, 0.1) is 6.54 Å². The number of fused-ring (bicyclic) bond motifs is 1. The molecule has 1 heterocycles. The second kappa shape index (κ2) is 7.51. The molecule has 0 bridgehead atoms. The molecule has 1 amide bonds. The molecule has 0 radical (unpaired) electrons. The molecule has 2 aromatic carbocycles. The highest BCUT2D eigenvalue weighted by molar-refractivity contribution is 6.30. The van der Waals surface area contributed by atoms with E-state index in [9.17, 15) is 9.59 Å². The smallest absolute Gasteiger partial charge is 0.336 e. The Bertz CT molecular complexity index is 965. The van der Waals surface area contributed by atoms with Crippen LogP contribution in [0.4, 0.5) is 5.69 Å². The number of amides is 1. The summed E-state index contributed by atoms with van der Waals surface area (Å²) in [7, 11) is 0. The van der Waals surface area contributed by atoms with Crippen molar-refractivity contribution in [3.8, 4) is 0 Å². The fourth-order valence-electron chi connectivity index (χ4n) is 2.53. The highest BCUT2D eigenvalue weighted by atomic mass is 35.5. The van der Waals surface area contributed by atoms with E-state index in [1.807, 2.05) is 37.3 Å². The van der Waals surface area contributed by atoms with Gasteiger partial charge in [0.2, 0.25) is 5.91 Å². The molecular formula is C19H17ClN2O3. The predicted octanol–water partition coefficient (Wildman–Crippen LogP) is 3.48. The van der Waals surface area contributed by atoms with Crippen molar-refractivity contribution in [1.82, 2.24) is 5.32 Å². The summed E-state index contributed by atoms with van der Waals surface area (Å²) < 4.78 is 5.18. The first kappa shape index (κ1) is 17.2. The average molecular weight is 357 g/mol. The molecule has 3 rings (SSSR count). The van der Waals surface area contributed by atoms with Gasteiger partial charge in [-0.1, -0.05) is 23.7 Å². The van der Waals surface area contributed by atoms with Crippen LogP contribution < -0.4 is 16.3 Å². The Morgan fingerprint density at radius 3 is 2.64 bits per heavy atom. The largest absolute Gasteiger partial charge is 0.423 e. The third-order valence-electron chi connectivity index (χ3n) is 3.76. The number of carbonyl (C=O) groups excluding carboxylic acids is 1. The van der Waals surface area contributed by atoms with Crippen molar-refractivity contribution in [3.63, 3.8) is 0 Å². The maximum Gasteiger partial charge on any atom is 0.336 e. The van der Waals surface area contributed by atoms with Crippen LogP contribution in [0.1, 0.15) is 11.1 Å². The van der Waals surface area contributed by atoms with Crippen molar-refractivity contribution >= 4 is 34.2 Å². The Morgan fingerprint density at radius 2 is 1.88 bits per heavy atom. The predicted molar refractivity (Wildman–Crippen MR) is 99.0 cm³/mol. The zero-order valence-corrected chi connectivity index (χ0v) is 14.4. The van der Waals surface area contributed by atoms with Crippen LogP contribution in [-0.2, 0) is 11.3 Å². The number of halogens is 1. The quantitative estimate of drug-likeness (QED) is 0.686. The summed E-state index contributed by atoms with van der Waals surface area (Å²) in [5.41, 5.74) is 2.52. The lowest BCUT2D eigenvalue weighted by molar-refractivity contribution is -0.115. The Balaban J connectivity index is 1.60. The fourth-order valence-corrected chi connectivity index (χ4v) is 2.66. The van der Waals surface area contributed by atoms with Crippen LogP contribution in [0.5, 0.6) is 0 Å². The van der Waals surface area contributed by atoms with Crippen molar-refractivity contribution in [3.05, 3.63) is 75.1 Å². The Morgan fingerprint density at radius 1 is 1.12 bits per heavy atom. The number of benzene rings is 2. The van der Waals surface area contributed by atoms with Gasteiger partial charge in [-0.15, -0.1) is 0 Å². The maximum atomic E-state index is 12.0. The third-order valence-corrected chi connectivity index (χ3v) is 4.02. The van der Waals surface area contributed by atoms with Gasteiger partial charge < -0.3 is 15.1 Å². The number of aryl methyl sites for hydroxylation is 1. The molecule has 0 aliphatic carbocycles. The maximum absolute atomic E-state index is 12.0. The van der Waals surface area contributed by atoms with Crippen molar-refractivity contribution in [2.75, 3.05) is 11.9 Å². The second-order valence-electron chi connectivity index (χ2n) is 5.74. The molecule has 0 saturated carbocycles. The van der Waals surface area contributed by atoms with Crippen molar-refractivity contribution in [2.45, 2.75) is 13.5 Å². The topological polar surface area (TPSA) is 71.3 Å². The van der Waals surface area contributed by atoms with Crippen molar-refractivity contribution < 1.29 is 9.21 Å². The molecule has 0 atom stereocenters. The fraction of sp³-hybridized carbons (Fsp3) is 0.158. The van der Waals surface area contributed by atoms with Gasteiger partial charge in [0.15, 0.2) is 0 Å². The molecule has 0 unspecified atom stereocenters. The van der Waals surface area contributed by atoms with Crippen LogP contribution in [0.3, 0.4) is 0 Å². The van der Waals surface area contributed by atoms with E-state index in [0.29, 0.717) is 22.8 Å². The molecular weight excluding hydrogens is 340 g/mol. The molecule has 25 heavy (non-hydrogen) atoms. The summed E-state index contributed by atoms with van der Waals surface area (Å²) >= 11 is 5.84. The lowest BCUT2D eigenvalue weighted by atomic mass is 10.1. The SMILES string of the molecule is Cc1cc(=O)oc2cc(NC(=O)CNCc3ccc(Cl)cc3)ccc12. The summed E-state index contributed by atoms with van der Waals surface area (Å²) in [6, 6.07) is 14.1. The number of nitrogens with one attached hydrogen (secondary N) is 2. The highest BCUT2D eigenvalue weighted by Crippen LogP contribution is 2.20. The van der Waals surface area contributed by atoms with Crippen LogP contribution in [-0.4, -0.2) is 12.5 Å². The van der Waals surface area contributed by atoms with E-state index in [1.54, 1.807) is 12.1 Å². The van der Waals surface area contributed by atoms with Crippen LogP contribution in [0.25, 0.3) is 11.0 Å². The minimum Gasteiger partial charge on any atom is -0.423 e. The van der Waals surface area contributed by atoms with E-state index in [0.717, 1.165) is 16.5 Å². The van der Waals surface area contributed by atoms with Gasteiger partial charge in [0.1, 0.15) is 5.58 Å². The van der Waals surface area contributed by atoms with E-state index in [-0.39, 0.29) is 12.5 Å².